The van der Waals surface area contributed by atoms with Crippen LogP contribution in [0.2, 0.25) is 0 Å². The van der Waals surface area contributed by atoms with Crippen LogP contribution < -0.4 is 0 Å². The van der Waals surface area contributed by atoms with Crippen LogP contribution in [-0.4, -0.2) is 23.1 Å². The summed E-state index contributed by atoms with van der Waals surface area (Å²) < 4.78 is 5.80. The van der Waals surface area contributed by atoms with E-state index in [1.165, 1.54) is 44.9 Å². The summed E-state index contributed by atoms with van der Waals surface area (Å²) in [6.07, 6.45) is 44.0. The van der Waals surface area contributed by atoms with Gasteiger partial charge in [0.1, 0.15) is 6.10 Å². The Morgan fingerprint density at radius 3 is 1.73 bits per heavy atom. The molecular formula is C37H62O4. The average molecular weight is 571 g/mol. The summed E-state index contributed by atoms with van der Waals surface area (Å²) >= 11 is 0. The van der Waals surface area contributed by atoms with E-state index in [2.05, 4.69) is 74.6 Å². The lowest BCUT2D eigenvalue weighted by molar-refractivity contribution is -0.147. The molecule has 41 heavy (non-hydrogen) atoms. The minimum atomic E-state index is -0.728. The van der Waals surface area contributed by atoms with E-state index in [0.29, 0.717) is 6.42 Å². The third-order valence-corrected chi connectivity index (χ3v) is 6.96. The predicted molar refractivity (Wildman–Crippen MR) is 176 cm³/mol. The molecule has 0 saturated carbocycles. The fraction of sp³-hybridized carbons (Fsp3) is 0.676. The van der Waals surface area contributed by atoms with E-state index >= 15 is 0 Å². The number of carbonyl (C=O) groups is 2. The predicted octanol–water partition coefficient (Wildman–Crippen LogP) is 11.4. The number of unbranched alkanes of at least 4 members (excludes halogenated alkanes) is 12. The van der Waals surface area contributed by atoms with Crippen molar-refractivity contribution >= 4 is 11.9 Å². The smallest absolute Gasteiger partial charge is 0.306 e. The van der Waals surface area contributed by atoms with Crippen molar-refractivity contribution in [2.75, 3.05) is 0 Å². The molecule has 0 spiro atoms. The first-order chi connectivity index (χ1) is 20.1. The number of allylic oxidation sites excluding steroid dienone is 9. The highest BCUT2D eigenvalue weighted by atomic mass is 16.5. The van der Waals surface area contributed by atoms with Gasteiger partial charge in [-0.05, 0) is 83.1 Å². The summed E-state index contributed by atoms with van der Waals surface area (Å²) in [6, 6.07) is 0. The normalized spacial score (nSPS) is 13.0. The van der Waals surface area contributed by atoms with E-state index in [0.717, 1.165) is 83.5 Å². The van der Waals surface area contributed by atoms with Crippen molar-refractivity contribution in [3.63, 3.8) is 0 Å². The first-order valence-corrected chi connectivity index (χ1v) is 16.8. The second-order valence-electron chi connectivity index (χ2n) is 11.0. The maximum atomic E-state index is 12.4. The van der Waals surface area contributed by atoms with E-state index in [1.807, 2.05) is 0 Å². The zero-order valence-electron chi connectivity index (χ0n) is 26.6. The van der Waals surface area contributed by atoms with E-state index in [4.69, 9.17) is 9.84 Å². The van der Waals surface area contributed by atoms with Gasteiger partial charge in [-0.1, -0.05) is 120 Å². The Balaban J connectivity index is 3.90. The average Bonchev–Trinajstić information content (AvgIpc) is 2.95. The second kappa shape index (κ2) is 32.2. The number of hydrogen-bond acceptors (Lipinski definition) is 3. The van der Waals surface area contributed by atoms with Crippen LogP contribution >= 0.6 is 0 Å². The number of carbonyl (C=O) groups excluding carboxylic acids is 1. The molecule has 4 nitrogen and oxygen atoms in total. The Kier molecular flexibility index (Phi) is 30.3. The van der Waals surface area contributed by atoms with Crippen LogP contribution in [0.4, 0.5) is 0 Å². The van der Waals surface area contributed by atoms with Crippen LogP contribution in [0.25, 0.3) is 0 Å². The molecule has 1 N–H and O–H groups in total. The lowest BCUT2D eigenvalue weighted by Gasteiger charge is -2.15. The number of rotatable bonds is 29. The van der Waals surface area contributed by atoms with Gasteiger partial charge in [-0.25, -0.2) is 0 Å². The van der Waals surface area contributed by atoms with Crippen LogP contribution in [0.15, 0.2) is 60.8 Å². The lowest BCUT2D eigenvalue weighted by Crippen LogP contribution is -2.16. The van der Waals surface area contributed by atoms with E-state index in [-0.39, 0.29) is 18.5 Å². The van der Waals surface area contributed by atoms with Crippen LogP contribution in [0.1, 0.15) is 155 Å². The SMILES string of the molecule is CC/C=C\C/C=C\C/C=C\C/C=C\CCCCCCCCC(=O)OC(/C=C\CCCCC)CCCCCCC(=O)O. The fourth-order valence-corrected chi connectivity index (χ4v) is 4.49. The molecule has 0 bridgehead atoms. The largest absolute Gasteiger partial charge is 0.481 e. The van der Waals surface area contributed by atoms with Gasteiger partial charge < -0.3 is 9.84 Å². The number of esters is 1. The number of carboxylic acids is 1. The molecule has 0 fully saturated rings. The second-order valence-corrected chi connectivity index (χ2v) is 11.0. The maximum Gasteiger partial charge on any atom is 0.306 e. The molecule has 0 heterocycles. The first kappa shape index (κ1) is 38.6. The Morgan fingerprint density at radius 1 is 0.585 bits per heavy atom. The van der Waals surface area contributed by atoms with Crippen molar-refractivity contribution in [2.24, 2.45) is 0 Å². The summed E-state index contributed by atoms with van der Waals surface area (Å²) in [6.45, 7) is 4.36. The highest BCUT2D eigenvalue weighted by Crippen LogP contribution is 2.15. The van der Waals surface area contributed by atoms with Crippen LogP contribution in [-0.2, 0) is 14.3 Å². The molecule has 0 amide bonds. The highest BCUT2D eigenvalue weighted by molar-refractivity contribution is 5.69. The van der Waals surface area contributed by atoms with Crippen molar-refractivity contribution in [2.45, 2.75) is 161 Å². The van der Waals surface area contributed by atoms with E-state index < -0.39 is 5.97 Å². The van der Waals surface area contributed by atoms with Gasteiger partial charge in [0, 0.05) is 12.8 Å². The summed E-state index contributed by atoms with van der Waals surface area (Å²) in [5, 5.41) is 8.77. The van der Waals surface area contributed by atoms with Gasteiger partial charge in [-0.2, -0.15) is 0 Å². The maximum absolute atomic E-state index is 12.4. The van der Waals surface area contributed by atoms with Gasteiger partial charge >= 0.3 is 11.9 Å². The molecule has 1 unspecified atom stereocenters. The van der Waals surface area contributed by atoms with Crippen molar-refractivity contribution in [3.05, 3.63) is 60.8 Å². The Labute approximate surface area is 253 Å². The Bertz CT molecular complexity index is 744. The third kappa shape index (κ3) is 32.0. The van der Waals surface area contributed by atoms with Crippen molar-refractivity contribution in [3.8, 4) is 0 Å². The molecule has 0 aliphatic rings. The van der Waals surface area contributed by atoms with Gasteiger partial charge in [0.05, 0.1) is 0 Å². The minimum absolute atomic E-state index is 0.0848. The van der Waals surface area contributed by atoms with Crippen molar-refractivity contribution < 1.29 is 19.4 Å². The topological polar surface area (TPSA) is 63.6 Å². The first-order valence-electron chi connectivity index (χ1n) is 16.8. The van der Waals surface area contributed by atoms with Gasteiger partial charge in [0.2, 0.25) is 0 Å². The molecule has 0 rings (SSSR count). The number of ether oxygens (including phenoxy) is 1. The minimum Gasteiger partial charge on any atom is -0.481 e. The molecule has 0 aromatic carbocycles. The number of aliphatic carboxylic acids is 1. The summed E-state index contributed by atoms with van der Waals surface area (Å²) in [5.74, 6) is -0.813. The molecular weight excluding hydrogens is 508 g/mol. The molecule has 0 radical (unpaired) electrons. The quantitative estimate of drug-likeness (QED) is 0.0552. The molecule has 1 atom stereocenters. The zero-order valence-corrected chi connectivity index (χ0v) is 26.6. The molecule has 0 aliphatic carbocycles. The molecule has 234 valence electrons. The van der Waals surface area contributed by atoms with Crippen molar-refractivity contribution in [1.29, 1.82) is 0 Å². The Morgan fingerprint density at radius 2 is 1.10 bits per heavy atom. The van der Waals surface area contributed by atoms with Crippen molar-refractivity contribution in [1.82, 2.24) is 0 Å². The molecule has 4 heteroatoms. The summed E-state index contributed by atoms with van der Waals surface area (Å²) in [4.78, 5) is 23.1. The molecule has 0 aliphatic heterocycles. The summed E-state index contributed by atoms with van der Waals surface area (Å²) in [5.41, 5.74) is 0. The van der Waals surface area contributed by atoms with Crippen LogP contribution in [0.3, 0.4) is 0 Å². The lowest BCUT2D eigenvalue weighted by atomic mass is 10.1. The summed E-state index contributed by atoms with van der Waals surface area (Å²) in [7, 11) is 0. The monoisotopic (exact) mass is 570 g/mol. The van der Waals surface area contributed by atoms with Gasteiger partial charge in [0.15, 0.2) is 0 Å². The third-order valence-electron chi connectivity index (χ3n) is 6.96. The highest BCUT2D eigenvalue weighted by Gasteiger charge is 2.11. The Hall–Kier alpha value is -2.36. The molecule has 0 aromatic rings. The van der Waals surface area contributed by atoms with Gasteiger partial charge in [-0.3, -0.25) is 9.59 Å². The molecule has 0 saturated heterocycles. The van der Waals surface area contributed by atoms with E-state index in [9.17, 15) is 9.59 Å². The zero-order chi connectivity index (χ0) is 30.1. The van der Waals surface area contributed by atoms with E-state index in [1.54, 1.807) is 0 Å². The van der Waals surface area contributed by atoms with Crippen LogP contribution in [0.5, 0.6) is 0 Å². The standard InChI is InChI=1S/C37H62O4/c1-3-5-7-9-10-11-12-13-14-15-16-17-18-19-20-21-22-24-30-34-37(40)41-35(31-27-23-8-6-4-2)32-28-25-26-29-33-36(38)39/h5,7,10-11,13-14,16-17,27,31,35H,3-4,6,8-9,12,15,18-26,28-30,32-34H2,1-2H3,(H,38,39)/b7-5-,11-10-,14-13-,17-16-,31-27-. The molecule has 0 aromatic heterocycles. The fourth-order valence-electron chi connectivity index (χ4n) is 4.49. The van der Waals surface area contributed by atoms with Gasteiger partial charge in [-0.15, -0.1) is 0 Å². The van der Waals surface area contributed by atoms with Crippen LogP contribution in [0, 0.1) is 0 Å². The van der Waals surface area contributed by atoms with Gasteiger partial charge in [0.25, 0.3) is 0 Å². The number of hydrogen-bond donors (Lipinski definition) is 1. The number of carboxylic acid groups (broad SMARTS) is 1.